The van der Waals surface area contributed by atoms with Crippen molar-refractivity contribution in [2.45, 2.75) is 26.1 Å². The van der Waals surface area contributed by atoms with Gasteiger partial charge in [-0.25, -0.2) is 0 Å². The number of benzene rings is 3. The van der Waals surface area contributed by atoms with Crippen LogP contribution in [0.5, 0.6) is 0 Å². The van der Waals surface area contributed by atoms with Gasteiger partial charge in [0.15, 0.2) is 0 Å². The number of hydrogen-bond acceptors (Lipinski definition) is 0. The maximum absolute atomic E-state index is 3.56. The molecule has 27 heavy (non-hydrogen) atoms. The zero-order valence-corrected chi connectivity index (χ0v) is 18.4. The second-order valence-corrected chi connectivity index (χ2v) is 16.2. The summed E-state index contributed by atoms with van der Waals surface area (Å²) >= 11 is 0. The molecule has 0 N–H and O–H groups in total. The van der Waals surface area contributed by atoms with E-state index < -0.39 is 15.3 Å². The largest absolute Gasteiger partial charge is 0.132 e. The van der Waals surface area contributed by atoms with E-state index in [0.29, 0.717) is 0 Å². The summed E-state index contributed by atoms with van der Waals surface area (Å²) < 4.78 is 0. The summed E-state index contributed by atoms with van der Waals surface area (Å²) in [5.41, 5.74) is 3.56. The zero-order chi connectivity index (χ0) is 19.2. The van der Waals surface area contributed by atoms with Gasteiger partial charge >= 0.3 is 0 Å². The Hall–Kier alpha value is -2.13. The summed E-state index contributed by atoms with van der Waals surface area (Å²) in [4.78, 5) is 0. The SMILES string of the molecule is C[Si](C)(C)C#CCC[P+](c1ccccc1)(c1ccccc1)c1ccccc1. The number of hydrogen-bond donors (Lipinski definition) is 0. The summed E-state index contributed by atoms with van der Waals surface area (Å²) in [5.74, 6) is 3.53. The Labute approximate surface area is 166 Å². The summed E-state index contributed by atoms with van der Waals surface area (Å²) in [6, 6.07) is 33.2. The van der Waals surface area contributed by atoms with Crippen molar-refractivity contribution in [3.05, 3.63) is 91.0 Å². The van der Waals surface area contributed by atoms with Crippen molar-refractivity contribution in [3.63, 3.8) is 0 Å². The van der Waals surface area contributed by atoms with Gasteiger partial charge in [-0.05, 0) is 36.4 Å². The molecule has 0 aromatic heterocycles. The second-order valence-electron chi connectivity index (χ2n) is 7.84. The Morgan fingerprint density at radius 1 is 0.630 bits per heavy atom. The van der Waals surface area contributed by atoms with E-state index in [1.807, 2.05) is 0 Å². The molecule has 0 saturated carbocycles. The predicted molar refractivity (Wildman–Crippen MR) is 126 cm³/mol. The lowest BCUT2D eigenvalue weighted by molar-refractivity contribution is 1.28. The van der Waals surface area contributed by atoms with Crippen LogP contribution in [0.3, 0.4) is 0 Å². The highest BCUT2D eigenvalue weighted by molar-refractivity contribution is 7.95. The minimum atomic E-state index is -1.72. The van der Waals surface area contributed by atoms with Gasteiger partial charge in [-0.3, -0.25) is 0 Å². The van der Waals surface area contributed by atoms with Crippen LogP contribution in [0.25, 0.3) is 0 Å². The van der Waals surface area contributed by atoms with Crippen molar-refractivity contribution in [3.8, 4) is 11.5 Å². The van der Waals surface area contributed by atoms with E-state index in [-0.39, 0.29) is 0 Å². The van der Waals surface area contributed by atoms with Gasteiger partial charge in [-0.2, -0.15) is 0 Å². The van der Waals surface area contributed by atoms with Gasteiger partial charge in [0.25, 0.3) is 0 Å². The van der Waals surface area contributed by atoms with Crippen molar-refractivity contribution in [1.82, 2.24) is 0 Å². The maximum Gasteiger partial charge on any atom is 0.129 e. The van der Waals surface area contributed by atoms with Gasteiger partial charge in [-0.1, -0.05) is 74.2 Å². The number of rotatable bonds is 5. The fourth-order valence-corrected chi connectivity index (χ4v) is 8.25. The van der Waals surface area contributed by atoms with Crippen LogP contribution in [-0.2, 0) is 0 Å². The average Bonchev–Trinajstić information content (AvgIpc) is 2.70. The van der Waals surface area contributed by atoms with Crippen LogP contribution in [0.1, 0.15) is 6.42 Å². The molecular formula is C25H28PSi+. The van der Waals surface area contributed by atoms with E-state index in [1.54, 1.807) is 0 Å². The van der Waals surface area contributed by atoms with E-state index in [1.165, 1.54) is 15.9 Å². The monoisotopic (exact) mass is 387 g/mol. The van der Waals surface area contributed by atoms with Crippen LogP contribution in [0.4, 0.5) is 0 Å². The molecule has 0 aliphatic carbocycles. The van der Waals surface area contributed by atoms with Crippen molar-refractivity contribution in [2.24, 2.45) is 0 Å². The van der Waals surface area contributed by atoms with Crippen LogP contribution < -0.4 is 15.9 Å². The minimum absolute atomic E-state index is 0.941. The predicted octanol–water partition coefficient (Wildman–Crippen LogP) is 5.25. The van der Waals surface area contributed by atoms with E-state index in [0.717, 1.165) is 12.6 Å². The summed E-state index contributed by atoms with van der Waals surface area (Å²) in [5, 5.41) is 4.33. The summed E-state index contributed by atoms with van der Waals surface area (Å²) in [7, 11) is -3.06. The first-order valence-corrected chi connectivity index (χ1v) is 15.0. The van der Waals surface area contributed by atoms with Crippen molar-refractivity contribution >= 4 is 31.2 Å². The molecule has 0 saturated heterocycles. The Morgan fingerprint density at radius 3 is 1.33 bits per heavy atom. The third-order valence-electron chi connectivity index (χ3n) is 4.63. The van der Waals surface area contributed by atoms with Gasteiger partial charge in [0.05, 0.1) is 6.16 Å². The topological polar surface area (TPSA) is 0 Å². The van der Waals surface area contributed by atoms with Crippen LogP contribution >= 0.6 is 7.26 Å². The maximum atomic E-state index is 3.56. The van der Waals surface area contributed by atoms with Crippen LogP contribution in [0, 0.1) is 11.5 Å². The molecule has 0 nitrogen and oxygen atoms in total. The molecule has 0 aliphatic rings. The molecule has 3 aromatic carbocycles. The van der Waals surface area contributed by atoms with Gasteiger partial charge < -0.3 is 0 Å². The van der Waals surface area contributed by atoms with Crippen molar-refractivity contribution in [1.29, 1.82) is 0 Å². The Kier molecular flexibility index (Phi) is 6.33. The van der Waals surface area contributed by atoms with Gasteiger partial charge in [-0.15, -0.1) is 11.5 Å². The minimum Gasteiger partial charge on any atom is -0.132 e. The van der Waals surface area contributed by atoms with E-state index in [2.05, 4.69) is 122 Å². The molecule has 0 heterocycles. The molecule has 2 heteroatoms. The van der Waals surface area contributed by atoms with E-state index in [4.69, 9.17) is 0 Å². The van der Waals surface area contributed by atoms with E-state index >= 15 is 0 Å². The molecular weight excluding hydrogens is 359 g/mol. The lowest BCUT2D eigenvalue weighted by Crippen LogP contribution is -2.33. The smallest absolute Gasteiger partial charge is 0.129 e. The third-order valence-corrected chi connectivity index (χ3v) is 9.99. The standard InChI is InChI=1S/C25H28PSi/c1-27(2,3)22-14-13-21-26(23-15-7-4-8-16-23,24-17-9-5-10-18-24)25-19-11-6-12-20-25/h4-12,15-20H,13,21H2,1-3H3/q+1. The summed E-state index contributed by atoms with van der Waals surface area (Å²) in [6.45, 7) is 6.94. The van der Waals surface area contributed by atoms with Crippen molar-refractivity contribution in [2.75, 3.05) is 6.16 Å². The van der Waals surface area contributed by atoms with Crippen molar-refractivity contribution < 1.29 is 0 Å². The first-order valence-electron chi connectivity index (χ1n) is 9.57. The van der Waals surface area contributed by atoms with Crippen LogP contribution in [0.2, 0.25) is 19.6 Å². The first kappa shape index (κ1) is 19.6. The Bertz CT molecular complexity index is 804. The molecule has 3 aromatic rings. The molecule has 136 valence electrons. The fourth-order valence-electron chi connectivity index (χ4n) is 3.43. The second kappa shape index (κ2) is 8.70. The fraction of sp³-hybridized carbons (Fsp3) is 0.200. The quantitative estimate of drug-likeness (QED) is 0.319. The van der Waals surface area contributed by atoms with E-state index in [9.17, 15) is 0 Å². The average molecular weight is 388 g/mol. The molecule has 0 spiro atoms. The molecule has 0 bridgehead atoms. The Balaban J connectivity index is 2.15. The molecule has 0 amide bonds. The third kappa shape index (κ3) is 4.78. The Morgan fingerprint density at radius 2 is 1.00 bits per heavy atom. The highest BCUT2D eigenvalue weighted by atomic mass is 31.2. The van der Waals surface area contributed by atoms with Gasteiger partial charge in [0.2, 0.25) is 0 Å². The summed E-state index contributed by atoms with van der Waals surface area (Å²) in [6.07, 6.45) is 2.03. The zero-order valence-electron chi connectivity index (χ0n) is 16.5. The van der Waals surface area contributed by atoms with Gasteiger partial charge in [0, 0.05) is 6.42 Å². The lowest BCUT2D eigenvalue weighted by Gasteiger charge is -2.27. The molecule has 0 aliphatic heterocycles. The lowest BCUT2D eigenvalue weighted by atomic mass is 10.4. The van der Waals surface area contributed by atoms with Gasteiger partial charge in [0.1, 0.15) is 31.2 Å². The molecule has 0 unspecified atom stereocenters. The molecule has 3 rings (SSSR count). The molecule has 0 fully saturated rings. The molecule has 0 radical (unpaired) electrons. The highest BCUT2D eigenvalue weighted by Crippen LogP contribution is 2.55. The molecule has 0 atom stereocenters. The van der Waals surface area contributed by atoms with Crippen LogP contribution in [-0.4, -0.2) is 14.2 Å². The highest BCUT2D eigenvalue weighted by Gasteiger charge is 2.44. The first-order chi connectivity index (χ1) is 13.0. The van der Waals surface area contributed by atoms with Crippen LogP contribution in [0.15, 0.2) is 91.0 Å². The normalized spacial score (nSPS) is 11.5.